The van der Waals surface area contributed by atoms with Crippen molar-refractivity contribution in [3.63, 3.8) is 0 Å². The average molecular weight is 411 g/mol. The van der Waals surface area contributed by atoms with Gasteiger partial charge in [0, 0.05) is 54.4 Å². The predicted molar refractivity (Wildman–Crippen MR) is 113 cm³/mol. The van der Waals surface area contributed by atoms with Gasteiger partial charge in [0.05, 0.1) is 0 Å². The second-order valence-corrected chi connectivity index (χ2v) is 7.93. The van der Waals surface area contributed by atoms with Crippen LogP contribution in [0.5, 0.6) is 0 Å². The van der Waals surface area contributed by atoms with Crippen molar-refractivity contribution in [2.24, 2.45) is 5.92 Å². The number of benzene rings is 1. The third-order valence-electron chi connectivity index (χ3n) is 5.40. The Morgan fingerprint density at radius 3 is 2.79 bits per heavy atom. The summed E-state index contributed by atoms with van der Waals surface area (Å²) in [6, 6.07) is 11.2. The van der Waals surface area contributed by atoms with E-state index < -0.39 is 0 Å². The largest absolute Gasteiger partial charge is 0.352 e. The Kier molecular flexibility index (Phi) is 5.81. The molecule has 0 atom stereocenters. The van der Waals surface area contributed by atoms with Crippen LogP contribution in [0.25, 0.3) is 10.9 Å². The molecule has 6 nitrogen and oxygen atoms in total. The van der Waals surface area contributed by atoms with Crippen molar-refractivity contribution in [2.45, 2.75) is 25.8 Å². The minimum atomic E-state index is -0.00296. The summed E-state index contributed by atoms with van der Waals surface area (Å²) in [5.41, 5.74) is 2.47. The van der Waals surface area contributed by atoms with Crippen LogP contribution in [-0.4, -0.2) is 39.8 Å². The van der Waals surface area contributed by atoms with Crippen molar-refractivity contribution in [1.29, 1.82) is 0 Å². The Morgan fingerprint density at radius 2 is 2.03 bits per heavy atom. The van der Waals surface area contributed by atoms with Crippen LogP contribution >= 0.6 is 11.6 Å². The SMILES string of the molecule is O=C(CC1CCN(C(=O)c2cc3cc(Cl)ccc3[nH]2)CC1)NCc1cccnc1. The number of H-pyrrole nitrogens is 1. The van der Waals surface area contributed by atoms with Gasteiger partial charge < -0.3 is 15.2 Å². The summed E-state index contributed by atoms with van der Waals surface area (Å²) in [6.45, 7) is 1.82. The fourth-order valence-corrected chi connectivity index (χ4v) is 3.95. The Bertz CT molecular complexity index is 1010. The number of pyridine rings is 1. The topological polar surface area (TPSA) is 78.1 Å². The van der Waals surface area contributed by atoms with Gasteiger partial charge in [-0.05, 0) is 54.7 Å². The standard InChI is InChI=1S/C22H23ClN4O2/c23-18-3-4-19-17(11-18)12-20(26-19)22(29)27-8-5-15(6-9-27)10-21(28)25-14-16-2-1-7-24-13-16/h1-4,7,11-13,15,26H,5-6,8-10,14H2,(H,25,28). The molecule has 1 saturated heterocycles. The molecule has 2 amide bonds. The molecule has 3 aromatic rings. The van der Waals surface area contributed by atoms with Crippen molar-refractivity contribution in [1.82, 2.24) is 20.2 Å². The second-order valence-electron chi connectivity index (χ2n) is 7.49. The number of fused-ring (bicyclic) bond motifs is 1. The maximum Gasteiger partial charge on any atom is 0.270 e. The molecule has 1 aliphatic heterocycles. The lowest BCUT2D eigenvalue weighted by Crippen LogP contribution is -2.39. The number of hydrogen-bond acceptors (Lipinski definition) is 3. The molecular weight excluding hydrogens is 388 g/mol. The van der Waals surface area contributed by atoms with Crippen LogP contribution < -0.4 is 5.32 Å². The van der Waals surface area contributed by atoms with E-state index in [1.807, 2.05) is 35.2 Å². The van der Waals surface area contributed by atoms with E-state index in [9.17, 15) is 9.59 Å². The smallest absolute Gasteiger partial charge is 0.270 e. The summed E-state index contributed by atoms with van der Waals surface area (Å²) in [5.74, 6) is 0.345. The summed E-state index contributed by atoms with van der Waals surface area (Å²) >= 11 is 6.03. The molecule has 1 aromatic carbocycles. The number of halogens is 1. The molecule has 0 aliphatic carbocycles. The van der Waals surface area contributed by atoms with Gasteiger partial charge in [-0.3, -0.25) is 14.6 Å². The van der Waals surface area contributed by atoms with Crippen molar-refractivity contribution in [3.05, 3.63) is 65.1 Å². The van der Waals surface area contributed by atoms with E-state index in [0.717, 1.165) is 29.3 Å². The Balaban J connectivity index is 1.27. The highest BCUT2D eigenvalue weighted by Crippen LogP contribution is 2.24. The van der Waals surface area contributed by atoms with Crippen molar-refractivity contribution < 1.29 is 9.59 Å². The quantitative estimate of drug-likeness (QED) is 0.672. The zero-order valence-electron chi connectivity index (χ0n) is 16.0. The van der Waals surface area contributed by atoms with E-state index in [1.165, 1.54) is 0 Å². The van der Waals surface area contributed by atoms with Gasteiger partial charge >= 0.3 is 0 Å². The van der Waals surface area contributed by atoms with Crippen molar-refractivity contribution in [2.75, 3.05) is 13.1 Å². The van der Waals surface area contributed by atoms with Gasteiger partial charge in [-0.25, -0.2) is 0 Å². The molecule has 2 N–H and O–H groups in total. The van der Waals surface area contributed by atoms with Gasteiger partial charge in [0.25, 0.3) is 5.91 Å². The summed E-state index contributed by atoms with van der Waals surface area (Å²) in [5, 5.41) is 4.53. The number of amides is 2. The number of aromatic nitrogens is 2. The molecule has 150 valence electrons. The normalized spacial score (nSPS) is 14.9. The molecule has 0 saturated carbocycles. The third kappa shape index (κ3) is 4.77. The van der Waals surface area contributed by atoms with E-state index in [2.05, 4.69) is 15.3 Å². The van der Waals surface area contributed by atoms with Gasteiger partial charge in [0.1, 0.15) is 5.69 Å². The lowest BCUT2D eigenvalue weighted by molar-refractivity contribution is -0.122. The summed E-state index contributed by atoms with van der Waals surface area (Å²) in [6.07, 6.45) is 5.62. The monoisotopic (exact) mass is 410 g/mol. The third-order valence-corrected chi connectivity index (χ3v) is 5.64. The van der Waals surface area contributed by atoms with E-state index in [1.54, 1.807) is 18.5 Å². The fourth-order valence-electron chi connectivity index (χ4n) is 3.77. The molecule has 0 unspecified atom stereocenters. The Morgan fingerprint density at radius 1 is 1.21 bits per heavy atom. The zero-order chi connectivity index (χ0) is 20.2. The van der Waals surface area contributed by atoms with Gasteiger partial charge in [-0.2, -0.15) is 0 Å². The molecule has 2 aromatic heterocycles. The van der Waals surface area contributed by atoms with Crippen LogP contribution in [0.3, 0.4) is 0 Å². The van der Waals surface area contributed by atoms with E-state index >= 15 is 0 Å². The first-order valence-corrected chi connectivity index (χ1v) is 10.2. The highest BCUT2D eigenvalue weighted by atomic mass is 35.5. The van der Waals surface area contributed by atoms with Crippen LogP contribution in [0.4, 0.5) is 0 Å². The van der Waals surface area contributed by atoms with Gasteiger partial charge in [0.2, 0.25) is 5.91 Å². The van der Waals surface area contributed by atoms with Crippen LogP contribution in [0, 0.1) is 5.92 Å². The Hall–Kier alpha value is -2.86. The second kappa shape index (κ2) is 8.66. The van der Waals surface area contributed by atoms with Crippen LogP contribution in [0.15, 0.2) is 48.8 Å². The van der Waals surface area contributed by atoms with Crippen molar-refractivity contribution in [3.8, 4) is 0 Å². The van der Waals surface area contributed by atoms with Crippen molar-refractivity contribution >= 4 is 34.3 Å². The van der Waals surface area contributed by atoms with E-state index in [4.69, 9.17) is 11.6 Å². The zero-order valence-corrected chi connectivity index (χ0v) is 16.8. The average Bonchev–Trinajstić information content (AvgIpc) is 3.16. The van der Waals surface area contributed by atoms with Crippen LogP contribution in [-0.2, 0) is 11.3 Å². The number of carbonyl (C=O) groups excluding carboxylic acids is 2. The number of nitrogens with zero attached hydrogens (tertiary/aromatic N) is 2. The molecule has 0 radical (unpaired) electrons. The number of likely N-dealkylation sites (tertiary alicyclic amines) is 1. The summed E-state index contributed by atoms with van der Waals surface area (Å²) in [4.78, 5) is 34.1. The lowest BCUT2D eigenvalue weighted by atomic mass is 9.93. The molecule has 0 bridgehead atoms. The first kappa shape index (κ1) is 19.5. The highest BCUT2D eigenvalue weighted by molar-refractivity contribution is 6.31. The van der Waals surface area contributed by atoms with Crippen LogP contribution in [0.2, 0.25) is 5.02 Å². The first-order valence-electron chi connectivity index (χ1n) is 9.81. The minimum absolute atomic E-state index is 0.00296. The van der Waals surface area contributed by atoms with Gasteiger partial charge in [-0.1, -0.05) is 17.7 Å². The molecule has 4 rings (SSSR count). The summed E-state index contributed by atoms with van der Waals surface area (Å²) < 4.78 is 0. The summed E-state index contributed by atoms with van der Waals surface area (Å²) in [7, 11) is 0. The fraction of sp³-hybridized carbons (Fsp3) is 0.318. The molecule has 29 heavy (non-hydrogen) atoms. The van der Waals surface area contributed by atoms with Gasteiger partial charge in [0.15, 0.2) is 0 Å². The number of piperidine rings is 1. The molecule has 0 spiro atoms. The van der Waals surface area contributed by atoms with Gasteiger partial charge in [-0.15, -0.1) is 0 Å². The molecule has 3 heterocycles. The minimum Gasteiger partial charge on any atom is -0.352 e. The van der Waals surface area contributed by atoms with Crippen LogP contribution in [0.1, 0.15) is 35.3 Å². The number of nitrogens with one attached hydrogen (secondary N) is 2. The number of carbonyl (C=O) groups is 2. The van der Waals surface area contributed by atoms with E-state index in [-0.39, 0.29) is 11.8 Å². The molecule has 1 fully saturated rings. The molecule has 1 aliphatic rings. The highest BCUT2D eigenvalue weighted by Gasteiger charge is 2.26. The maximum absolute atomic E-state index is 12.8. The lowest BCUT2D eigenvalue weighted by Gasteiger charge is -2.31. The maximum atomic E-state index is 12.8. The van der Waals surface area contributed by atoms with E-state index in [0.29, 0.717) is 42.7 Å². The molecule has 7 heteroatoms. The first-order chi connectivity index (χ1) is 14.1. The molecular formula is C22H23ClN4O2. The number of rotatable bonds is 5. The Labute approximate surface area is 174 Å². The number of aromatic amines is 1. The predicted octanol–water partition coefficient (Wildman–Crippen LogP) is 3.78. The number of hydrogen-bond donors (Lipinski definition) is 2.